The summed E-state index contributed by atoms with van der Waals surface area (Å²) in [4.78, 5) is 4.19. The second-order valence-corrected chi connectivity index (χ2v) is 4.44. The fraction of sp³-hybridized carbons (Fsp3) is 0.583. The number of hydrogen-bond donors (Lipinski definition) is 0. The molecule has 0 unspecified atom stereocenters. The average Bonchev–Trinajstić information content (AvgIpc) is 2.87. The molecule has 2 nitrogen and oxygen atoms in total. The van der Waals surface area contributed by atoms with Gasteiger partial charge in [-0.25, -0.2) is 0 Å². The minimum absolute atomic E-state index is 0.464. The van der Waals surface area contributed by atoms with Crippen LogP contribution in [0.4, 0.5) is 0 Å². The number of aromatic nitrogens is 1. The van der Waals surface area contributed by atoms with E-state index in [0.717, 1.165) is 12.2 Å². The summed E-state index contributed by atoms with van der Waals surface area (Å²) in [7, 11) is 0. The number of ether oxygens (including phenoxy) is 1. The van der Waals surface area contributed by atoms with E-state index in [-0.39, 0.29) is 0 Å². The molecule has 1 saturated carbocycles. The first-order chi connectivity index (χ1) is 6.74. The minimum atomic E-state index is 0.464. The Bertz CT molecular complexity index is 286. The molecule has 0 spiro atoms. The van der Waals surface area contributed by atoms with Gasteiger partial charge >= 0.3 is 0 Å². The lowest BCUT2D eigenvalue weighted by atomic mass is 10.1. The van der Waals surface area contributed by atoms with Crippen molar-refractivity contribution in [1.29, 1.82) is 0 Å². The smallest absolute Gasteiger partial charge is 0.138 e. The molecule has 76 valence electrons. The molecule has 1 aromatic heterocycles. The third-order valence-electron chi connectivity index (χ3n) is 2.24. The monoisotopic (exact) mass is 191 g/mol. The van der Waals surface area contributed by atoms with E-state index in [1.54, 1.807) is 0 Å². The van der Waals surface area contributed by atoms with Gasteiger partial charge in [0.05, 0.1) is 12.3 Å². The van der Waals surface area contributed by atoms with Crippen LogP contribution in [0.5, 0.6) is 5.75 Å². The van der Waals surface area contributed by atoms with E-state index in [2.05, 4.69) is 24.9 Å². The van der Waals surface area contributed by atoms with Crippen molar-refractivity contribution in [3.05, 3.63) is 24.0 Å². The van der Waals surface area contributed by atoms with Crippen LogP contribution in [0.15, 0.2) is 18.5 Å². The Kier molecular flexibility index (Phi) is 2.71. The van der Waals surface area contributed by atoms with E-state index in [9.17, 15) is 0 Å². The van der Waals surface area contributed by atoms with Crippen LogP contribution in [-0.4, -0.2) is 11.1 Å². The maximum atomic E-state index is 5.69. The van der Waals surface area contributed by atoms with Gasteiger partial charge in [-0.15, -0.1) is 0 Å². The van der Waals surface area contributed by atoms with Crippen LogP contribution in [0.2, 0.25) is 0 Å². The van der Waals surface area contributed by atoms with Crippen molar-refractivity contribution < 1.29 is 4.74 Å². The number of nitrogens with zero attached hydrogens (tertiary/aromatic N) is 1. The third kappa shape index (κ3) is 2.72. The summed E-state index contributed by atoms with van der Waals surface area (Å²) >= 11 is 0. The quantitative estimate of drug-likeness (QED) is 0.730. The molecule has 0 bridgehead atoms. The maximum absolute atomic E-state index is 5.69. The SMILES string of the molecule is CC(C)Cc1cncc(OC2CC2)c1. The minimum Gasteiger partial charge on any atom is -0.489 e. The van der Waals surface area contributed by atoms with E-state index in [1.807, 2.05) is 12.4 Å². The van der Waals surface area contributed by atoms with Crippen LogP contribution in [0.25, 0.3) is 0 Å². The molecule has 2 rings (SSSR count). The molecule has 1 aliphatic carbocycles. The zero-order valence-electron chi connectivity index (χ0n) is 8.86. The summed E-state index contributed by atoms with van der Waals surface area (Å²) in [6, 6.07) is 2.12. The molecule has 0 atom stereocenters. The van der Waals surface area contributed by atoms with Crippen molar-refractivity contribution in [2.45, 2.75) is 39.2 Å². The lowest BCUT2D eigenvalue weighted by molar-refractivity contribution is 0.301. The first kappa shape index (κ1) is 9.50. The highest BCUT2D eigenvalue weighted by molar-refractivity contribution is 5.24. The van der Waals surface area contributed by atoms with Crippen LogP contribution < -0.4 is 4.74 Å². The van der Waals surface area contributed by atoms with E-state index in [1.165, 1.54) is 18.4 Å². The van der Waals surface area contributed by atoms with Crippen molar-refractivity contribution in [3.8, 4) is 5.75 Å². The molecule has 1 heterocycles. The molecule has 0 aliphatic heterocycles. The first-order valence-corrected chi connectivity index (χ1v) is 5.34. The second-order valence-electron chi connectivity index (χ2n) is 4.44. The van der Waals surface area contributed by atoms with Gasteiger partial charge in [0.15, 0.2) is 0 Å². The maximum Gasteiger partial charge on any atom is 0.138 e. The van der Waals surface area contributed by atoms with Crippen molar-refractivity contribution in [2.24, 2.45) is 5.92 Å². The Morgan fingerprint density at radius 3 is 2.86 bits per heavy atom. The van der Waals surface area contributed by atoms with Crippen molar-refractivity contribution in [2.75, 3.05) is 0 Å². The highest BCUT2D eigenvalue weighted by atomic mass is 16.5. The predicted molar refractivity (Wildman–Crippen MR) is 56.4 cm³/mol. The first-order valence-electron chi connectivity index (χ1n) is 5.34. The van der Waals surface area contributed by atoms with Crippen LogP contribution in [0, 0.1) is 5.92 Å². The molecule has 0 aromatic carbocycles. The van der Waals surface area contributed by atoms with Gasteiger partial charge in [0.25, 0.3) is 0 Å². The summed E-state index contributed by atoms with van der Waals surface area (Å²) in [5.74, 6) is 1.61. The Balaban J connectivity index is 2.01. The van der Waals surface area contributed by atoms with Crippen LogP contribution in [0.1, 0.15) is 32.3 Å². The van der Waals surface area contributed by atoms with Crippen molar-refractivity contribution >= 4 is 0 Å². The van der Waals surface area contributed by atoms with E-state index >= 15 is 0 Å². The number of rotatable bonds is 4. The van der Waals surface area contributed by atoms with Gasteiger partial charge < -0.3 is 4.74 Å². The Morgan fingerprint density at radius 1 is 1.43 bits per heavy atom. The zero-order chi connectivity index (χ0) is 9.97. The predicted octanol–water partition coefficient (Wildman–Crippen LogP) is 2.82. The molecule has 0 radical (unpaired) electrons. The summed E-state index contributed by atoms with van der Waals surface area (Å²) in [6.07, 6.45) is 7.69. The standard InChI is InChI=1S/C12H17NO/c1-9(2)5-10-6-12(8-13-7-10)14-11-3-4-11/h6-9,11H,3-5H2,1-2H3. The third-order valence-corrected chi connectivity index (χ3v) is 2.24. The van der Waals surface area contributed by atoms with Crippen LogP contribution >= 0.6 is 0 Å². The highest BCUT2D eigenvalue weighted by Crippen LogP contribution is 2.26. The van der Waals surface area contributed by atoms with Crippen LogP contribution in [-0.2, 0) is 6.42 Å². The van der Waals surface area contributed by atoms with E-state index < -0.39 is 0 Å². The normalized spacial score (nSPS) is 15.9. The van der Waals surface area contributed by atoms with Gasteiger partial charge in [-0.05, 0) is 36.8 Å². The topological polar surface area (TPSA) is 22.1 Å². The summed E-state index contributed by atoms with van der Waals surface area (Å²) in [5, 5.41) is 0. The Hall–Kier alpha value is -1.05. The van der Waals surface area contributed by atoms with Gasteiger partial charge in [0, 0.05) is 6.20 Å². The van der Waals surface area contributed by atoms with Gasteiger partial charge in [0.1, 0.15) is 5.75 Å². The fourth-order valence-corrected chi connectivity index (χ4v) is 1.49. The number of pyridine rings is 1. The molecule has 1 aliphatic rings. The molecule has 1 aromatic rings. The van der Waals surface area contributed by atoms with Crippen LogP contribution in [0.3, 0.4) is 0 Å². The molecule has 0 N–H and O–H groups in total. The van der Waals surface area contributed by atoms with Crippen molar-refractivity contribution in [1.82, 2.24) is 4.98 Å². The Labute approximate surface area is 85.3 Å². The molecule has 2 heteroatoms. The second kappa shape index (κ2) is 3.99. The van der Waals surface area contributed by atoms with Gasteiger partial charge in [-0.1, -0.05) is 13.8 Å². The summed E-state index contributed by atoms with van der Waals surface area (Å²) < 4.78 is 5.69. The van der Waals surface area contributed by atoms with Gasteiger partial charge in [-0.2, -0.15) is 0 Å². The Morgan fingerprint density at radius 2 is 2.21 bits per heavy atom. The zero-order valence-corrected chi connectivity index (χ0v) is 8.86. The van der Waals surface area contributed by atoms with Crippen molar-refractivity contribution in [3.63, 3.8) is 0 Å². The molecule has 0 saturated heterocycles. The summed E-state index contributed by atoms with van der Waals surface area (Å²) in [6.45, 7) is 4.43. The molecule has 14 heavy (non-hydrogen) atoms. The van der Waals surface area contributed by atoms with E-state index in [0.29, 0.717) is 12.0 Å². The molecular formula is C12H17NO. The average molecular weight is 191 g/mol. The lowest BCUT2D eigenvalue weighted by Gasteiger charge is -2.07. The molecule has 1 fully saturated rings. The van der Waals surface area contributed by atoms with E-state index in [4.69, 9.17) is 4.74 Å². The van der Waals surface area contributed by atoms with Gasteiger partial charge in [0.2, 0.25) is 0 Å². The fourth-order valence-electron chi connectivity index (χ4n) is 1.49. The largest absolute Gasteiger partial charge is 0.489 e. The molecular weight excluding hydrogens is 174 g/mol. The van der Waals surface area contributed by atoms with Gasteiger partial charge in [-0.3, -0.25) is 4.98 Å². The molecule has 0 amide bonds. The summed E-state index contributed by atoms with van der Waals surface area (Å²) in [5.41, 5.74) is 1.28. The highest BCUT2D eigenvalue weighted by Gasteiger charge is 2.23. The lowest BCUT2D eigenvalue weighted by Crippen LogP contribution is -1.99. The number of hydrogen-bond acceptors (Lipinski definition) is 2.